The molecule has 1 fully saturated rings. The van der Waals surface area contributed by atoms with Gasteiger partial charge < -0.3 is 9.16 Å². The number of carbonyl (C=O) groups is 2. The SMILES string of the molecule is CC(C(=O)N1C(=O)OC[C@H]1Cc1ccccc1)C(C)(C)O[Si](C)(C)C(C)(C)C. The number of hydrogen-bond acceptors (Lipinski definition) is 4. The van der Waals surface area contributed by atoms with Crippen molar-refractivity contribution in [2.24, 2.45) is 5.92 Å². The Morgan fingerprint density at radius 1 is 1.21 bits per heavy atom. The summed E-state index contributed by atoms with van der Waals surface area (Å²) in [4.78, 5) is 26.9. The zero-order chi connectivity index (χ0) is 21.3. The third kappa shape index (κ3) is 4.84. The van der Waals surface area contributed by atoms with Gasteiger partial charge in [-0.1, -0.05) is 58.0 Å². The lowest BCUT2D eigenvalue weighted by atomic mass is 9.91. The van der Waals surface area contributed by atoms with Crippen LogP contribution in [0.4, 0.5) is 4.79 Å². The van der Waals surface area contributed by atoms with Crippen molar-refractivity contribution >= 4 is 20.3 Å². The Hall–Kier alpha value is -1.66. The average Bonchev–Trinajstić information content (AvgIpc) is 2.93. The largest absolute Gasteiger partial charge is 0.447 e. The summed E-state index contributed by atoms with van der Waals surface area (Å²) >= 11 is 0. The van der Waals surface area contributed by atoms with Crippen molar-refractivity contribution in [3.8, 4) is 0 Å². The number of carbonyl (C=O) groups excluding carboxylic acids is 2. The molecule has 0 aromatic heterocycles. The van der Waals surface area contributed by atoms with Gasteiger partial charge in [0, 0.05) is 0 Å². The molecule has 1 aromatic rings. The lowest BCUT2D eigenvalue weighted by Gasteiger charge is -2.45. The van der Waals surface area contributed by atoms with Crippen LogP contribution in [0.5, 0.6) is 0 Å². The van der Waals surface area contributed by atoms with Crippen molar-refractivity contribution in [3.05, 3.63) is 35.9 Å². The highest BCUT2D eigenvalue weighted by Crippen LogP contribution is 2.41. The second-order valence-corrected chi connectivity index (χ2v) is 14.5. The van der Waals surface area contributed by atoms with Gasteiger partial charge in [-0.2, -0.15) is 0 Å². The van der Waals surface area contributed by atoms with Gasteiger partial charge >= 0.3 is 6.09 Å². The van der Waals surface area contributed by atoms with Crippen LogP contribution in [0.1, 0.15) is 47.1 Å². The fourth-order valence-electron chi connectivity index (χ4n) is 3.17. The van der Waals surface area contributed by atoms with Gasteiger partial charge in [0.1, 0.15) is 6.61 Å². The summed E-state index contributed by atoms with van der Waals surface area (Å²) in [5.74, 6) is -0.697. The van der Waals surface area contributed by atoms with Crippen molar-refractivity contribution in [2.75, 3.05) is 6.61 Å². The molecule has 2 rings (SSSR count). The molecule has 5 nitrogen and oxygen atoms in total. The molecule has 28 heavy (non-hydrogen) atoms. The van der Waals surface area contributed by atoms with Crippen molar-refractivity contribution in [1.82, 2.24) is 4.90 Å². The van der Waals surface area contributed by atoms with Crippen LogP contribution >= 0.6 is 0 Å². The molecule has 6 heteroatoms. The van der Waals surface area contributed by atoms with Gasteiger partial charge in [0.2, 0.25) is 5.91 Å². The number of benzene rings is 1. The van der Waals surface area contributed by atoms with Crippen molar-refractivity contribution < 1.29 is 18.8 Å². The number of rotatable bonds is 6. The third-order valence-corrected chi connectivity index (χ3v) is 10.9. The predicted octanol–water partition coefficient (Wildman–Crippen LogP) is 5.01. The normalized spacial score (nSPS) is 19.5. The molecule has 0 bridgehead atoms. The minimum absolute atomic E-state index is 0.0372. The van der Waals surface area contributed by atoms with Crippen LogP contribution in [0, 0.1) is 5.92 Å². The van der Waals surface area contributed by atoms with Crippen LogP contribution in [0.15, 0.2) is 30.3 Å². The first-order valence-electron chi connectivity index (χ1n) is 10.0. The molecule has 1 aliphatic heterocycles. The molecule has 2 atom stereocenters. The highest BCUT2D eigenvalue weighted by Gasteiger charge is 2.48. The van der Waals surface area contributed by atoms with Gasteiger partial charge in [0.05, 0.1) is 17.6 Å². The highest BCUT2D eigenvalue weighted by atomic mass is 28.4. The monoisotopic (exact) mass is 405 g/mol. The molecule has 0 spiro atoms. The quantitative estimate of drug-likeness (QED) is 0.624. The first-order valence-corrected chi connectivity index (χ1v) is 12.9. The number of amides is 2. The number of nitrogens with zero attached hydrogens (tertiary/aromatic N) is 1. The van der Waals surface area contributed by atoms with Crippen LogP contribution in [-0.4, -0.2) is 43.5 Å². The standard InChI is InChI=1S/C22H35NO4Si/c1-16(22(5,6)27-28(7,8)21(2,3)4)19(24)23-18(15-26-20(23)25)14-17-12-10-9-11-13-17/h9-13,16,18H,14-15H2,1-8H3/t16?,18-/m1/s1. The summed E-state index contributed by atoms with van der Waals surface area (Å²) in [6.45, 7) is 16.9. The fourth-order valence-corrected chi connectivity index (χ4v) is 4.97. The number of ether oxygens (including phenoxy) is 1. The van der Waals surface area contributed by atoms with Gasteiger partial charge in [-0.25, -0.2) is 9.69 Å². The maximum Gasteiger partial charge on any atom is 0.416 e. The van der Waals surface area contributed by atoms with Crippen molar-refractivity contribution in [3.63, 3.8) is 0 Å². The predicted molar refractivity (Wildman–Crippen MR) is 114 cm³/mol. The number of hydrogen-bond donors (Lipinski definition) is 0. The summed E-state index contributed by atoms with van der Waals surface area (Å²) in [5.41, 5.74) is 0.397. The zero-order valence-corrected chi connectivity index (χ0v) is 19.5. The molecule has 0 aliphatic carbocycles. The summed E-state index contributed by atoms with van der Waals surface area (Å²) < 4.78 is 11.8. The Kier molecular flexibility index (Phi) is 6.46. The molecule has 2 amide bonds. The molecular weight excluding hydrogens is 370 g/mol. The van der Waals surface area contributed by atoms with E-state index in [9.17, 15) is 9.59 Å². The van der Waals surface area contributed by atoms with Gasteiger partial charge in [0.15, 0.2) is 8.32 Å². The van der Waals surface area contributed by atoms with E-state index < -0.39 is 25.9 Å². The lowest BCUT2D eigenvalue weighted by Crippen LogP contribution is -2.54. The molecule has 0 radical (unpaired) electrons. The van der Waals surface area contributed by atoms with E-state index in [1.54, 1.807) is 0 Å². The van der Waals surface area contributed by atoms with Gasteiger partial charge in [-0.05, 0) is 44.0 Å². The summed E-state index contributed by atoms with van der Waals surface area (Å²) in [6.07, 6.45) is 0.0371. The second kappa shape index (κ2) is 7.99. The molecular formula is C22H35NO4Si. The Balaban J connectivity index is 2.18. The zero-order valence-electron chi connectivity index (χ0n) is 18.5. The van der Waals surface area contributed by atoms with Gasteiger partial charge in [0.25, 0.3) is 0 Å². The van der Waals surface area contributed by atoms with E-state index in [-0.39, 0.29) is 23.6 Å². The molecule has 1 heterocycles. The van der Waals surface area contributed by atoms with E-state index in [1.165, 1.54) is 4.90 Å². The van der Waals surface area contributed by atoms with Crippen LogP contribution in [-0.2, 0) is 20.4 Å². The number of imide groups is 1. The topological polar surface area (TPSA) is 55.8 Å². The molecule has 0 N–H and O–H groups in total. The molecule has 1 aromatic carbocycles. The van der Waals surface area contributed by atoms with Gasteiger partial charge in [-0.15, -0.1) is 0 Å². The molecule has 1 saturated heterocycles. The molecule has 1 aliphatic rings. The first kappa shape index (κ1) is 22.6. The first-order chi connectivity index (χ1) is 12.8. The smallest absolute Gasteiger partial charge is 0.416 e. The highest BCUT2D eigenvalue weighted by molar-refractivity contribution is 6.74. The Morgan fingerprint density at radius 3 is 2.32 bits per heavy atom. The molecule has 1 unspecified atom stereocenters. The minimum atomic E-state index is -2.07. The summed E-state index contributed by atoms with van der Waals surface area (Å²) in [5, 5.41) is 0.0372. The molecule has 156 valence electrons. The summed E-state index contributed by atoms with van der Waals surface area (Å²) in [6, 6.07) is 9.58. The maximum atomic E-state index is 13.3. The van der Waals surface area contributed by atoms with Crippen LogP contribution in [0.2, 0.25) is 18.1 Å². The van der Waals surface area contributed by atoms with E-state index in [0.717, 1.165) is 5.56 Å². The Bertz CT molecular complexity index is 709. The summed E-state index contributed by atoms with van der Waals surface area (Å²) in [7, 11) is -2.07. The van der Waals surface area contributed by atoms with E-state index in [4.69, 9.17) is 9.16 Å². The molecule has 0 saturated carbocycles. The van der Waals surface area contributed by atoms with Crippen molar-refractivity contribution in [2.45, 2.75) is 77.7 Å². The fraction of sp³-hybridized carbons (Fsp3) is 0.636. The lowest BCUT2D eigenvalue weighted by molar-refractivity contribution is -0.139. The number of cyclic esters (lactones) is 1. The van der Waals surface area contributed by atoms with Crippen molar-refractivity contribution in [1.29, 1.82) is 0 Å². The Morgan fingerprint density at radius 2 is 1.79 bits per heavy atom. The van der Waals surface area contributed by atoms with Crippen LogP contribution in [0.25, 0.3) is 0 Å². The third-order valence-electron chi connectivity index (χ3n) is 6.25. The van der Waals surface area contributed by atoms with Crippen LogP contribution < -0.4 is 0 Å². The second-order valence-electron chi connectivity index (χ2n) is 9.82. The maximum absolute atomic E-state index is 13.3. The van der Waals surface area contributed by atoms with E-state index >= 15 is 0 Å². The van der Waals surface area contributed by atoms with E-state index in [1.807, 2.05) is 51.1 Å². The minimum Gasteiger partial charge on any atom is -0.447 e. The van der Waals surface area contributed by atoms with E-state index in [2.05, 4.69) is 33.9 Å². The Labute approximate surface area is 170 Å². The van der Waals surface area contributed by atoms with Gasteiger partial charge in [-0.3, -0.25) is 4.79 Å². The van der Waals surface area contributed by atoms with E-state index in [0.29, 0.717) is 6.42 Å². The van der Waals surface area contributed by atoms with Crippen LogP contribution in [0.3, 0.4) is 0 Å². The average molecular weight is 406 g/mol.